The molecular weight excluding hydrogens is 451 g/mol. The molecule has 2 amide bonds. The number of quaternary nitrogens is 1. The van der Waals surface area contributed by atoms with Crippen LogP contribution in [-0.4, -0.2) is 52.6 Å². The van der Waals surface area contributed by atoms with Crippen LogP contribution in [0.4, 0.5) is 5.69 Å². The molecule has 0 heterocycles. The molecule has 1 aromatic rings. The zero-order valence-electron chi connectivity index (χ0n) is 20.6. The van der Waals surface area contributed by atoms with Crippen molar-refractivity contribution in [2.75, 3.05) is 11.9 Å². The lowest BCUT2D eigenvalue weighted by molar-refractivity contribution is -0.449. The summed E-state index contributed by atoms with van der Waals surface area (Å²) in [5.74, 6) is 2.47. The minimum atomic E-state index is -1.55. The third-order valence-corrected chi connectivity index (χ3v) is 5.81. The topological polar surface area (TPSA) is 176 Å². The maximum absolute atomic E-state index is 12.0. The van der Waals surface area contributed by atoms with Crippen molar-refractivity contribution in [3.63, 3.8) is 0 Å². The molecule has 0 fully saturated rings. The van der Waals surface area contributed by atoms with Gasteiger partial charge in [-0.05, 0) is 49.7 Å². The number of unbranched alkanes of at least 4 members (excludes halogenated alkanes) is 8. The van der Waals surface area contributed by atoms with Crippen LogP contribution in [0.2, 0.25) is 0 Å². The summed E-state index contributed by atoms with van der Waals surface area (Å²) in [6, 6.07) is 5.89. The van der Waals surface area contributed by atoms with Crippen LogP contribution < -0.4 is 27.4 Å². The maximum Gasteiger partial charge on any atom is 0.488 e. The second-order valence-electron chi connectivity index (χ2n) is 8.82. The molecule has 0 bridgehead atoms. The van der Waals surface area contributed by atoms with E-state index in [1.165, 1.54) is 0 Å². The van der Waals surface area contributed by atoms with E-state index in [4.69, 9.17) is 5.11 Å². The van der Waals surface area contributed by atoms with Gasteiger partial charge in [0.05, 0.1) is 0 Å². The van der Waals surface area contributed by atoms with Crippen LogP contribution in [0.15, 0.2) is 24.3 Å². The van der Waals surface area contributed by atoms with Crippen molar-refractivity contribution in [3.8, 4) is 0 Å². The molecule has 0 saturated heterocycles. The Labute approximate surface area is 208 Å². The van der Waals surface area contributed by atoms with Gasteiger partial charge in [0.25, 0.3) is 0 Å². The van der Waals surface area contributed by atoms with E-state index in [0.717, 1.165) is 57.8 Å². The lowest BCUT2D eigenvalue weighted by atomic mass is 9.80. The smallest absolute Gasteiger partial charge is 0.480 e. The number of carboxylic acid groups (broad SMARTS) is 1. The number of hydrogen-bond donors (Lipinski definition) is 7. The van der Waals surface area contributed by atoms with E-state index in [1.54, 1.807) is 24.3 Å². The van der Waals surface area contributed by atoms with Crippen molar-refractivity contribution >= 4 is 36.1 Å². The molecule has 1 atom stereocenters. The van der Waals surface area contributed by atoms with Crippen LogP contribution in [0.1, 0.15) is 83.5 Å². The first-order valence-electron chi connectivity index (χ1n) is 12.6. The molecule has 1 aromatic carbocycles. The lowest BCUT2D eigenvalue weighted by Gasteiger charge is -2.09. The minimum absolute atomic E-state index is 0.0487. The van der Waals surface area contributed by atoms with E-state index >= 15 is 0 Å². The molecule has 0 aliphatic carbocycles. The Morgan fingerprint density at radius 3 is 2.03 bits per heavy atom. The van der Waals surface area contributed by atoms with Crippen molar-refractivity contribution < 1.29 is 35.4 Å². The highest BCUT2D eigenvalue weighted by Crippen LogP contribution is 2.12. The number of carbonyl (C=O) groups excluding carboxylic acids is 2. The normalized spacial score (nSPS) is 11.6. The van der Waals surface area contributed by atoms with Gasteiger partial charge in [-0.1, -0.05) is 50.7 Å². The first-order chi connectivity index (χ1) is 16.8. The molecule has 0 spiro atoms. The molecule has 1 rings (SSSR count). The molecule has 35 heavy (non-hydrogen) atoms. The Balaban J connectivity index is 1.93. The van der Waals surface area contributed by atoms with Gasteiger partial charge in [-0.2, -0.15) is 5.43 Å². The first-order valence-corrected chi connectivity index (χ1v) is 12.6. The number of benzene rings is 1. The molecule has 0 aliphatic heterocycles. The zero-order chi connectivity index (χ0) is 25.9. The second-order valence-corrected chi connectivity index (χ2v) is 8.82. The Bertz CT molecular complexity index is 765. The van der Waals surface area contributed by atoms with Crippen LogP contribution in [0.3, 0.4) is 0 Å². The summed E-state index contributed by atoms with van der Waals surface area (Å²) in [5.41, 5.74) is 3.41. The van der Waals surface area contributed by atoms with Gasteiger partial charge in [0.2, 0.25) is 11.8 Å². The molecule has 0 radical (unpaired) electrons. The van der Waals surface area contributed by atoms with E-state index in [1.807, 2.05) is 0 Å². The minimum Gasteiger partial charge on any atom is -0.480 e. The molecule has 0 aliphatic rings. The maximum atomic E-state index is 12.0. The number of amides is 2. The fourth-order valence-electron chi connectivity index (χ4n) is 3.73. The average molecular weight is 493 g/mol. The van der Waals surface area contributed by atoms with E-state index in [-0.39, 0.29) is 11.8 Å². The summed E-state index contributed by atoms with van der Waals surface area (Å²) < 4.78 is 0. The van der Waals surface area contributed by atoms with Crippen LogP contribution in [0.25, 0.3) is 0 Å². The third-order valence-electron chi connectivity index (χ3n) is 5.81. The Morgan fingerprint density at radius 2 is 1.46 bits per heavy atom. The van der Waals surface area contributed by atoms with E-state index in [2.05, 4.69) is 21.9 Å². The lowest BCUT2D eigenvalue weighted by Crippen LogP contribution is -2.70. The van der Waals surface area contributed by atoms with E-state index in [0.29, 0.717) is 43.4 Å². The molecule has 196 valence electrons. The van der Waals surface area contributed by atoms with Gasteiger partial charge in [0.15, 0.2) is 6.04 Å². The molecule has 10 nitrogen and oxygen atoms in total. The van der Waals surface area contributed by atoms with Crippen LogP contribution in [0, 0.1) is 0 Å². The van der Waals surface area contributed by atoms with Crippen molar-refractivity contribution in [1.29, 1.82) is 0 Å². The number of carbonyl (C=O) groups is 3. The number of hydrogen-bond acceptors (Lipinski definition) is 6. The summed E-state index contributed by atoms with van der Waals surface area (Å²) in [5, 5.41) is 33.0. The number of carboxylic acids is 1. The van der Waals surface area contributed by atoms with Crippen LogP contribution in [0.5, 0.6) is 0 Å². The first kappa shape index (κ1) is 30.6. The summed E-state index contributed by atoms with van der Waals surface area (Å²) in [6.07, 6.45) is 11.0. The fraction of sp³-hybridized carbons (Fsp3) is 0.625. The number of nitrogens with one attached hydrogen (secondary N) is 3. The molecule has 1 unspecified atom stereocenters. The predicted octanol–water partition coefficient (Wildman–Crippen LogP) is 0.692. The quantitative estimate of drug-likeness (QED) is 0.0794. The summed E-state index contributed by atoms with van der Waals surface area (Å²) in [4.78, 5) is 34.7. The van der Waals surface area contributed by atoms with Gasteiger partial charge in [-0.25, -0.2) is 0 Å². The van der Waals surface area contributed by atoms with E-state index in [9.17, 15) is 24.4 Å². The standard InChI is InChI=1S/C24H41BN4O6/c26-29-21(24(32)33)14-9-10-17-27-22(30)15-7-5-3-1-2-4-6-8-16-23(31)28-20-13-11-12-19(18-20)25(34)35/h11-13,18,21,29,34-35H,1-10,14-17,26H2,(H,27,30)(H,28,31)(H,32,33)/p+1. The Kier molecular flexibility index (Phi) is 16.4. The summed E-state index contributed by atoms with van der Waals surface area (Å²) in [6.45, 7) is 0.568. The molecule has 9 N–H and O–H groups in total. The van der Waals surface area contributed by atoms with E-state index < -0.39 is 19.1 Å². The Hall–Kier alpha value is -2.47. The van der Waals surface area contributed by atoms with Crippen molar-refractivity contribution in [1.82, 2.24) is 10.7 Å². The SMILES string of the molecule is [NH3+]NC(CCCCNC(=O)CCCCCCCCCCC(=O)Nc1cccc(B(O)O)c1)C(=O)O. The van der Waals surface area contributed by atoms with Gasteiger partial charge in [0.1, 0.15) is 0 Å². The highest BCUT2D eigenvalue weighted by Gasteiger charge is 2.16. The van der Waals surface area contributed by atoms with Gasteiger partial charge in [-0.15, -0.1) is 0 Å². The number of rotatable bonds is 20. The second kappa shape index (κ2) is 18.8. The Morgan fingerprint density at radius 1 is 0.857 bits per heavy atom. The monoisotopic (exact) mass is 493 g/mol. The van der Waals surface area contributed by atoms with Crippen molar-refractivity contribution in [2.45, 2.75) is 89.5 Å². The van der Waals surface area contributed by atoms with Gasteiger partial charge >= 0.3 is 13.1 Å². The van der Waals surface area contributed by atoms with Crippen LogP contribution >= 0.6 is 0 Å². The van der Waals surface area contributed by atoms with Crippen molar-refractivity contribution in [3.05, 3.63) is 24.3 Å². The third kappa shape index (κ3) is 15.2. The largest absolute Gasteiger partial charge is 0.488 e. The molecule has 0 aromatic heterocycles. The number of aliphatic carboxylic acids is 1. The van der Waals surface area contributed by atoms with Crippen LogP contribution in [-0.2, 0) is 14.4 Å². The fourth-order valence-corrected chi connectivity index (χ4v) is 3.73. The average Bonchev–Trinajstić information content (AvgIpc) is 2.82. The molecule has 11 heteroatoms. The molecule has 0 saturated carbocycles. The highest BCUT2D eigenvalue weighted by atomic mass is 16.4. The van der Waals surface area contributed by atoms with Gasteiger partial charge in [-0.3, -0.25) is 20.2 Å². The number of anilines is 1. The zero-order valence-corrected chi connectivity index (χ0v) is 20.6. The summed E-state index contributed by atoms with van der Waals surface area (Å²) >= 11 is 0. The van der Waals surface area contributed by atoms with Gasteiger partial charge in [0, 0.05) is 25.1 Å². The summed E-state index contributed by atoms with van der Waals surface area (Å²) in [7, 11) is -1.55. The van der Waals surface area contributed by atoms with Crippen molar-refractivity contribution in [2.24, 2.45) is 0 Å². The van der Waals surface area contributed by atoms with Gasteiger partial charge < -0.3 is 25.8 Å². The highest BCUT2D eigenvalue weighted by molar-refractivity contribution is 6.58. The predicted molar refractivity (Wildman–Crippen MR) is 135 cm³/mol. The molecular formula is C24H42BN4O6+.